The van der Waals surface area contributed by atoms with E-state index in [1.165, 1.54) is 0 Å². The van der Waals surface area contributed by atoms with E-state index >= 15 is 0 Å². The monoisotopic (exact) mass is 302 g/mol. The fraction of sp³-hybridized carbons (Fsp3) is 0.867. The van der Waals surface area contributed by atoms with Gasteiger partial charge in [0.2, 0.25) is 0 Å². The van der Waals surface area contributed by atoms with Gasteiger partial charge < -0.3 is 20.5 Å². The van der Waals surface area contributed by atoms with Crippen molar-refractivity contribution in [2.24, 2.45) is 0 Å². The first-order valence-electron chi connectivity index (χ1n) is 7.62. The molecule has 0 aromatic heterocycles. The minimum atomic E-state index is -0.815. The smallest absolute Gasteiger partial charge is 0.326 e. The molecule has 0 aromatic rings. The summed E-state index contributed by atoms with van der Waals surface area (Å²) in [5.41, 5.74) is -1.13. The molecular weight excluding hydrogens is 272 g/mol. The molecule has 3 N–H and O–H groups in total. The van der Waals surface area contributed by atoms with Crippen LogP contribution in [0.4, 0.5) is 0 Å². The molecule has 0 aliphatic carbocycles. The summed E-state index contributed by atoms with van der Waals surface area (Å²) in [6.07, 6.45) is 1.43. The number of carbonyl (C=O) groups excluding carboxylic acids is 1. The lowest BCUT2D eigenvalue weighted by Gasteiger charge is -2.31. The fourth-order valence-electron chi connectivity index (χ4n) is 1.98. The average Bonchev–Trinajstić information content (AvgIpc) is 2.43. The lowest BCUT2D eigenvalue weighted by atomic mass is 9.94. The van der Waals surface area contributed by atoms with Gasteiger partial charge in [0.25, 0.3) is 0 Å². The maximum Gasteiger partial charge on any atom is 0.326 e. The summed E-state index contributed by atoms with van der Waals surface area (Å²) in [6, 6.07) is 0. The zero-order valence-electron chi connectivity index (χ0n) is 13.9. The van der Waals surface area contributed by atoms with Crippen LogP contribution in [0.25, 0.3) is 0 Å². The number of rotatable bonds is 11. The van der Waals surface area contributed by atoms with Crippen LogP contribution in [0, 0.1) is 0 Å². The molecule has 124 valence electrons. The van der Waals surface area contributed by atoms with Crippen molar-refractivity contribution >= 4 is 11.9 Å². The van der Waals surface area contributed by atoms with Crippen LogP contribution in [0.1, 0.15) is 53.9 Å². The predicted octanol–water partition coefficient (Wildman–Crippen LogP) is 1.54. The number of nitrogens with one attached hydrogen (secondary N) is 2. The SMILES string of the molecule is CCOC(=O)C(C)(CC)NCCNC(C)(CC)CC(=O)O. The molecule has 6 heteroatoms. The summed E-state index contributed by atoms with van der Waals surface area (Å²) >= 11 is 0. The lowest BCUT2D eigenvalue weighted by molar-refractivity contribution is -0.150. The molecule has 2 unspecified atom stereocenters. The molecule has 0 saturated heterocycles. The number of carboxylic acids is 1. The van der Waals surface area contributed by atoms with Gasteiger partial charge in [0.15, 0.2) is 0 Å². The average molecular weight is 302 g/mol. The Morgan fingerprint density at radius 1 is 1.05 bits per heavy atom. The number of ether oxygens (including phenoxy) is 1. The maximum atomic E-state index is 11.9. The Balaban J connectivity index is 4.33. The Labute approximate surface area is 127 Å². The third-order valence-electron chi connectivity index (χ3n) is 3.95. The largest absolute Gasteiger partial charge is 0.481 e. The third kappa shape index (κ3) is 6.91. The summed E-state index contributed by atoms with van der Waals surface area (Å²) in [5.74, 6) is -1.07. The standard InChI is InChI=1S/C15H30N2O4/c1-6-14(4,11-12(18)19)16-9-10-17-15(5,7-2)13(20)21-8-3/h16-17H,6-11H2,1-5H3,(H,18,19). The molecule has 0 saturated carbocycles. The highest BCUT2D eigenvalue weighted by Gasteiger charge is 2.32. The lowest BCUT2D eigenvalue weighted by Crippen LogP contribution is -2.53. The van der Waals surface area contributed by atoms with Crippen LogP contribution in [0.2, 0.25) is 0 Å². The van der Waals surface area contributed by atoms with Crippen molar-refractivity contribution in [3.63, 3.8) is 0 Å². The van der Waals surface area contributed by atoms with Gasteiger partial charge in [0, 0.05) is 18.6 Å². The van der Waals surface area contributed by atoms with Crippen molar-refractivity contribution < 1.29 is 19.4 Å². The second kappa shape index (κ2) is 9.00. The van der Waals surface area contributed by atoms with Crippen molar-refractivity contribution in [1.82, 2.24) is 10.6 Å². The number of carboxylic acid groups (broad SMARTS) is 1. The van der Waals surface area contributed by atoms with E-state index in [1.807, 2.05) is 27.7 Å². The van der Waals surface area contributed by atoms with Crippen LogP contribution in [-0.4, -0.2) is 47.8 Å². The number of esters is 1. The Hall–Kier alpha value is -1.14. The summed E-state index contributed by atoms with van der Waals surface area (Å²) in [4.78, 5) is 22.8. The first-order valence-corrected chi connectivity index (χ1v) is 7.62. The molecule has 0 aliphatic rings. The highest BCUT2D eigenvalue weighted by Crippen LogP contribution is 2.14. The van der Waals surface area contributed by atoms with E-state index in [4.69, 9.17) is 9.84 Å². The fourth-order valence-corrected chi connectivity index (χ4v) is 1.98. The summed E-state index contributed by atoms with van der Waals surface area (Å²) in [5, 5.41) is 15.4. The van der Waals surface area contributed by atoms with Crippen LogP contribution in [0.3, 0.4) is 0 Å². The molecule has 6 nitrogen and oxygen atoms in total. The zero-order chi connectivity index (χ0) is 16.5. The van der Waals surface area contributed by atoms with Crippen molar-refractivity contribution in [2.45, 2.75) is 65.0 Å². The second-order valence-corrected chi connectivity index (χ2v) is 5.74. The van der Waals surface area contributed by atoms with Crippen molar-refractivity contribution in [3.05, 3.63) is 0 Å². The molecule has 0 fully saturated rings. The van der Waals surface area contributed by atoms with E-state index in [-0.39, 0.29) is 12.4 Å². The Kier molecular flexibility index (Phi) is 8.51. The minimum absolute atomic E-state index is 0.0758. The van der Waals surface area contributed by atoms with E-state index in [0.29, 0.717) is 26.1 Å². The Bertz CT molecular complexity index is 349. The van der Waals surface area contributed by atoms with Gasteiger partial charge in [0.1, 0.15) is 5.54 Å². The van der Waals surface area contributed by atoms with Crippen molar-refractivity contribution in [2.75, 3.05) is 19.7 Å². The van der Waals surface area contributed by atoms with Gasteiger partial charge >= 0.3 is 11.9 Å². The van der Waals surface area contributed by atoms with Gasteiger partial charge in [-0.1, -0.05) is 13.8 Å². The molecule has 0 rings (SSSR count). The molecule has 0 radical (unpaired) electrons. The number of hydrogen-bond donors (Lipinski definition) is 3. The highest BCUT2D eigenvalue weighted by molar-refractivity contribution is 5.80. The third-order valence-corrected chi connectivity index (χ3v) is 3.95. The molecule has 0 amide bonds. The van der Waals surface area contributed by atoms with Crippen LogP contribution >= 0.6 is 0 Å². The van der Waals surface area contributed by atoms with Crippen molar-refractivity contribution in [1.29, 1.82) is 0 Å². The summed E-state index contributed by atoms with van der Waals surface area (Å²) in [6.45, 7) is 10.9. The molecular formula is C15H30N2O4. The van der Waals surface area contributed by atoms with Crippen LogP contribution in [0.5, 0.6) is 0 Å². The zero-order valence-corrected chi connectivity index (χ0v) is 13.9. The normalized spacial score (nSPS) is 16.8. The molecule has 0 aliphatic heterocycles. The van der Waals surface area contributed by atoms with E-state index in [2.05, 4.69) is 10.6 Å². The van der Waals surface area contributed by atoms with E-state index in [0.717, 1.165) is 6.42 Å². The van der Waals surface area contributed by atoms with Crippen LogP contribution in [-0.2, 0) is 14.3 Å². The van der Waals surface area contributed by atoms with Gasteiger partial charge in [-0.2, -0.15) is 0 Å². The van der Waals surface area contributed by atoms with Crippen LogP contribution in [0.15, 0.2) is 0 Å². The topological polar surface area (TPSA) is 87.7 Å². The van der Waals surface area contributed by atoms with Gasteiger partial charge in [-0.15, -0.1) is 0 Å². The summed E-state index contributed by atoms with van der Waals surface area (Å²) < 4.78 is 5.07. The first kappa shape index (κ1) is 19.9. The van der Waals surface area contributed by atoms with Gasteiger partial charge in [0.05, 0.1) is 13.0 Å². The molecule has 0 heterocycles. The predicted molar refractivity (Wildman–Crippen MR) is 82.3 cm³/mol. The number of carbonyl (C=O) groups is 2. The van der Waals surface area contributed by atoms with Gasteiger partial charge in [-0.25, -0.2) is 0 Å². The Morgan fingerprint density at radius 3 is 2.05 bits per heavy atom. The number of aliphatic carboxylic acids is 1. The molecule has 0 bridgehead atoms. The molecule has 0 aromatic carbocycles. The van der Waals surface area contributed by atoms with Crippen molar-refractivity contribution in [3.8, 4) is 0 Å². The van der Waals surface area contributed by atoms with Crippen LogP contribution < -0.4 is 10.6 Å². The first-order chi connectivity index (χ1) is 9.73. The van der Waals surface area contributed by atoms with E-state index in [1.54, 1.807) is 6.92 Å². The van der Waals surface area contributed by atoms with Gasteiger partial charge in [-0.05, 0) is 33.6 Å². The minimum Gasteiger partial charge on any atom is -0.481 e. The quantitative estimate of drug-likeness (QED) is 0.396. The molecule has 2 atom stereocenters. The van der Waals surface area contributed by atoms with Gasteiger partial charge in [-0.3, -0.25) is 9.59 Å². The molecule has 21 heavy (non-hydrogen) atoms. The van der Waals surface area contributed by atoms with E-state index < -0.39 is 17.0 Å². The molecule has 0 spiro atoms. The summed E-state index contributed by atoms with van der Waals surface area (Å²) in [7, 11) is 0. The number of hydrogen-bond acceptors (Lipinski definition) is 5. The second-order valence-electron chi connectivity index (χ2n) is 5.74. The Morgan fingerprint density at radius 2 is 1.62 bits per heavy atom. The maximum absolute atomic E-state index is 11.9. The van der Waals surface area contributed by atoms with E-state index in [9.17, 15) is 9.59 Å². The highest BCUT2D eigenvalue weighted by atomic mass is 16.5.